The SMILES string of the molecule is COc1ccc(CN2CCC(O)(c3ccc(C)cc3)CC2)cc1Cn1cccn1. The molecular formula is C24H29N3O2. The van der Waals surface area contributed by atoms with Gasteiger partial charge in [0.15, 0.2) is 0 Å². The van der Waals surface area contributed by atoms with Crippen molar-refractivity contribution in [3.8, 4) is 5.75 Å². The minimum atomic E-state index is -0.713. The molecule has 1 aromatic heterocycles. The van der Waals surface area contributed by atoms with Crippen LogP contribution in [0, 0.1) is 6.92 Å². The standard InChI is InChI=1S/C24H29N3O2/c1-19-4-7-22(8-5-19)24(28)10-14-26(15-11-24)17-20-6-9-23(29-2)21(16-20)18-27-13-3-12-25-27/h3-9,12-13,16,28H,10-11,14-15,17-18H2,1-2H3. The highest BCUT2D eigenvalue weighted by Crippen LogP contribution is 2.33. The summed E-state index contributed by atoms with van der Waals surface area (Å²) in [4.78, 5) is 2.42. The Morgan fingerprint density at radius 3 is 2.48 bits per heavy atom. The molecule has 0 atom stereocenters. The Bertz CT molecular complexity index is 927. The predicted octanol–water partition coefficient (Wildman–Crippen LogP) is 3.73. The van der Waals surface area contributed by atoms with Gasteiger partial charge in [0.2, 0.25) is 0 Å². The number of methoxy groups -OCH3 is 1. The number of hydrogen-bond donors (Lipinski definition) is 1. The highest BCUT2D eigenvalue weighted by Gasteiger charge is 2.33. The van der Waals surface area contributed by atoms with Crippen LogP contribution < -0.4 is 4.74 Å². The molecule has 0 radical (unpaired) electrons. The van der Waals surface area contributed by atoms with Gasteiger partial charge < -0.3 is 9.84 Å². The Labute approximate surface area is 172 Å². The Kier molecular flexibility index (Phi) is 5.69. The minimum Gasteiger partial charge on any atom is -0.496 e. The molecule has 0 aliphatic carbocycles. The monoisotopic (exact) mass is 391 g/mol. The van der Waals surface area contributed by atoms with Gasteiger partial charge in [-0.2, -0.15) is 5.10 Å². The summed E-state index contributed by atoms with van der Waals surface area (Å²) in [5, 5.41) is 15.4. The van der Waals surface area contributed by atoms with Gasteiger partial charge in [-0.25, -0.2) is 0 Å². The van der Waals surface area contributed by atoms with Gasteiger partial charge >= 0.3 is 0 Å². The number of likely N-dealkylation sites (tertiary alicyclic amines) is 1. The van der Waals surface area contributed by atoms with E-state index in [2.05, 4.69) is 53.3 Å². The molecule has 1 aliphatic rings. The van der Waals surface area contributed by atoms with Gasteiger partial charge in [-0.1, -0.05) is 35.9 Å². The van der Waals surface area contributed by atoms with Gasteiger partial charge in [-0.3, -0.25) is 9.58 Å². The molecule has 152 valence electrons. The minimum absolute atomic E-state index is 0.692. The summed E-state index contributed by atoms with van der Waals surface area (Å²) >= 11 is 0. The number of benzene rings is 2. The van der Waals surface area contributed by atoms with E-state index in [0.717, 1.165) is 49.4 Å². The maximum atomic E-state index is 11.1. The molecule has 29 heavy (non-hydrogen) atoms. The first-order valence-electron chi connectivity index (χ1n) is 10.2. The van der Waals surface area contributed by atoms with E-state index in [1.165, 1.54) is 11.1 Å². The van der Waals surface area contributed by atoms with Crippen LogP contribution in [-0.2, 0) is 18.7 Å². The number of aromatic nitrogens is 2. The average Bonchev–Trinajstić information content (AvgIpc) is 3.24. The van der Waals surface area contributed by atoms with Crippen molar-refractivity contribution in [2.75, 3.05) is 20.2 Å². The van der Waals surface area contributed by atoms with E-state index in [9.17, 15) is 5.11 Å². The number of rotatable bonds is 6. The summed E-state index contributed by atoms with van der Waals surface area (Å²) in [6.45, 7) is 5.40. The van der Waals surface area contributed by atoms with Crippen LogP contribution in [0.2, 0.25) is 0 Å². The van der Waals surface area contributed by atoms with Crippen LogP contribution in [0.25, 0.3) is 0 Å². The zero-order valence-electron chi connectivity index (χ0n) is 17.2. The summed E-state index contributed by atoms with van der Waals surface area (Å²) < 4.78 is 7.44. The topological polar surface area (TPSA) is 50.5 Å². The number of piperidine rings is 1. The molecule has 2 heterocycles. The van der Waals surface area contributed by atoms with Gasteiger partial charge in [0, 0.05) is 37.6 Å². The van der Waals surface area contributed by atoms with E-state index in [-0.39, 0.29) is 0 Å². The first-order valence-corrected chi connectivity index (χ1v) is 10.2. The summed E-state index contributed by atoms with van der Waals surface area (Å²) in [5.74, 6) is 0.886. The fourth-order valence-corrected chi connectivity index (χ4v) is 4.11. The highest BCUT2D eigenvalue weighted by molar-refractivity contribution is 5.37. The fraction of sp³-hybridized carbons (Fsp3) is 0.375. The highest BCUT2D eigenvalue weighted by atomic mass is 16.5. The summed E-state index contributed by atoms with van der Waals surface area (Å²) in [6, 6.07) is 16.6. The number of hydrogen-bond acceptors (Lipinski definition) is 4. The lowest BCUT2D eigenvalue weighted by atomic mass is 9.84. The number of nitrogens with zero attached hydrogens (tertiary/aromatic N) is 3. The molecule has 3 aromatic rings. The lowest BCUT2D eigenvalue weighted by molar-refractivity contribution is -0.0277. The van der Waals surface area contributed by atoms with Crippen molar-refractivity contribution in [2.45, 2.75) is 38.5 Å². The van der Waals surface area contributed by atoms with Gasteiger partial charge in [0.1, 0.15) is 5.75 Å². The second kappa shape index (κ2) is 8.39. The quantitative estimate of drug-likeness (QED) is 0.696. The van der Waals surface area contributed by atoms with Crippen molar-refractivity contribution in [3.63, 3.8) is 0 Å². The largest absolute Gasteiger partial charge is 0.496 e. The smallest absolute Gasteiger partial charge is 0.123 e. The van der Waals surface area contributed by atoms with Crippen molar-refractivity contribution in [3.05, 3.63) is 83.2 Å². The Morgan fingerprint density at radius 2 is 1.83 bits per heavy atom. The zero-order chi connectivity index (χ0) is 20.3. The van der Waals surface area contributed by atoms with E-state index >= 15 is 0 Å². The van der Waals surface area contributed by atoms with Gasteiger partial charge in [0.25, 0.3) is 0 Å². The number of aryl methyl sites for hydroxylation is 1. The van der Waals surface area contributed by atoms with E-state index in [0.29, 0.717) is 6.54 Å². The zero-order valence-corrected chi connectivity index (χ0v) is 17.2. The maximum Gasteiger partial charge on any atom is 0.123 e. The van der Waals surface area contributed by atoms with E-state index in [1.807, 2.05) is 23.0 Å². The van der Waals surface area contributed by atoms with Crippen molar-refractivity contribution >= 4 is 0 Å². The van der Waals surface area contributed by atoms with Gasteiger partial charge in [0.05, 0.1) is 19.3 Å². The lowest BCUT2D eigenvalue weighted by Crippen LogP contribution is -2.42. The molecule has 4 rings (SSSR count). The molecular weight excluding hydrogens is 362 g/mol. The van der Waals surface area contributed by atoms with Gasteiger partial charge in [-0.15, -0.1) is 0 Å². The second-order valence-electron chi connectivity index (χ2n) is 8.02. The van der Waals surface area contributed by atoms with Crippen molar-refractivity contribution in [1.29, 1.82) is 0 Å². The van der Waals surface area contributed by atoms with Crippen molar-refractivity contribution in [2.24, 2.45) is 0 Å². The third kappa shape index (κ3) is 4.52. The summed E-state index contributed by atoms with van der Waals surface area (Å²) in [7, 11) is 1.71. The van der Waals surface area contributed by atoms with Crippen LogP contribution in [0.15, 0.2) is 60.9 Å². The van der Waals surface area contributed by atoms with Crippen LogP contribution in [0.1, 0.15) is 35.1 Å². The molecule has 2 aromatic carbocycles. The molecule has 0 bridgehead atoms. The molecule has 1 N–H and O–H groups in total. The van der Waals surface area contributed by atoms with Crippen LogP contribution in [0.5, 0.6) is 5.75 Å². The normalized spacial score (nSPS) is 16.7. The van der Waals surface area contributed by atoms with Crippen LogP contribution >= 0.6 is 0 Å². The lowest BCUT2D eigenvalue weighted by Gasteiger charge is -2.38. The molecule has 5 nitrogen and oxygen atoms in total. The second-order valence-corrected chi connectivity index (χ2v) is 8.02. The first kappa shape index (κ1) is 19.7. The molecule has 0 unspecified atom stereocenters. The Hall–Kier alpha value is -2.63. The average molecular weight is 392 g/mol. The van der Waals surface area contributed by atoms with E-state index < -0.39 is 5.60 Å². The summed E-state index contributed by atoms with van der Waals surface area (Å²) in [6.07, 6.45) is 5.26. The van der Waals surface area contributed by atoms with Crippen molar-refractivity contribution in [1.82, 2.24) is 14.7 Å². The third-order valence-electron chi connectivity index (χ3n) is 5.91. The summed E-state index contributed by atoms with van der Waals surface area (Å²) in [5.41, 5.74) is 3.93. The fourth-order valence-electron chi connectivity index (χ4n) is 4.11. The molecule has 1 aliphatic heterocycles. The van der Waals surface area contributed by atoms with Crippen LogP contribution in [0.4, 0.5) is 0 Å². The Morgan fingerprint density at radius 1 is 1.07 bits per heavy atom. The van der Waals surface area contributed by atoms with E-state index in [4.69, 9.17) is 4.74 Å². The molecule has 0 saturated carbocycles. The molecule has 0 amide bonds. The Balaban J connectivity index is 1.42. The molecule has 1 fully saturated rings. The first-order chi connectivity index (χ1) is 14.1. The third-order valence-corrected chi connectivity index (χ3v) is 5.91. The van der Waals surface area contributed by atoms with Crippen LogP contribution in [-0.4, -0.2) is 40.0 Å². The molecule has 1 saturated heterocycles. The van der Waals surface area contributed by atoms with Gasteiger partial charge in [-0.05, 0) is 49.1 Å². The predicted molar refractivity (Wildman–Crippen MR) is 114 cm³/mol. The van der Waals surface area contributed by atoms with E-state index in [1.54, 1.807) is 13.3 Å². The van der Waals surface area contributed by atoms with Crippen molar-refractivity contribution < 1.29 is 9.84 Å². The molecule has 5 heteroatoms. The molecule has 0 spiro atoms. The maximum absolute atomic E-state index is 11.1. The number of ether oxygens (including phenoxy) is 1. The van der Waals surface area contributed by atoms with Crippen LogP contribution in [0.3, 0.4) is 0 Å². The number of aliphatic hydroxyl groups is 1.